The van der Waals surface area contributed by atoms with Gasteiger partial charge < -0.3 is 10.4 Å². The first-order valence-electron chi connectivity index (χ1n) is 3.38. The van der Waals surface area contributed by atoms with Crippen LogP contribution in [0, 0.1) is 0 Å². The lowest BCUT2D eigenvalue weighted by molar-refractivity contribution is -0.0135. The third-order valence-corrected chi connectivity index (χ3v) is 1.67. The van der Waals surface area contributed by atoms with E-state index in [1.807, 2.05) is 6.92 Å². The van der Waals surface area contributed by atoms with Crippen LogP contribution in [0.1, 0.15) is 13.3 Å². The van der Waals surface area contributed by atoms with E-state index in [0.717, 1.165) is 13.1 Å². The number of hydrogen-bond donors (Lipinski definition) is 2. The largest absolute Gasteiger partial charge is 0.373 e. The van der Waals surface area contributed by atoms with Crippen LogP contribution < -0.4 is 10.6 Å². The summed E-state index contributed by atoms with van der Waals surface area (Å²) in [6.07, 6.45) is 0.708. The summed E-state index contributed by atoms with van der Waals surface area (Å²) in [5, 5.41) is 16.6. The van der Waals surface area contributed by atoms with Crippen LogP contribution in [-0.2, 0) is 0 Å². The molecule has 1 rings (SSSR count). The molecule has 1 heterocycles. The molecular weight excluding hydrogens is 116 g/mol. The molecular formula is C6H13N2O. The van der Waals surface area contributed by atoms with Gasteiger partial charge in [-0.05, 0) is 6.42 Å². The van der Waals surface area contributed by atoms with Gasteiger partial charge in [0.05, 0.1) is 0 Å². The second kappa shape index (κ2) is 2.64. The molecule has 1 atom stereocenters. The molecule has 1 aliphatic rings. The minimum atomic E-state index is -0.766. The van der Waals surface area contributed by atoms with Gasteiger partial charge in [0.2, 0.25) is 0 Å². The predicted molar refractivity (Wildman–Crippen MR) is 35.1 cm³/mol. The Hall–Kier alpha value is -0.120. The molecule has 0 aliphatic carbocycles. The normalized spacial score (nSPS) is 36.7. The molecule has 0 aromatic heterocycles. The summed E-state index contributed by atoms with van der Waals surface area (Å²) in [7, 11) is 0. The first kappa shape index (κ1) is 6.99. The zero-order valence-corrected chi connectivity index (χ0v) is 5.72. The number of β-amino-alcohol motifs (C(OH)–C–C–N with tert-alkyl or cyclic N) is 1. The van der Waals surface area contributed by atoms with Gasteiger partial charge in [-0.1, -0.05) is 6.92 Å². The fourth-order valence-electron chi connectivity index (χ4n) is 0.924. The van der Waals surface area contributed by atoms with E-state index >= 15 is 0 Å². The minimum Gasteiger partial charge on any atom is -0.373 e. The molecule has 0 aromatic rings. The molecule has 3 heteroatoms. The quantitative estimate of drug-likeness (QED) is 0.491. The van der Waals surface area contributed by atoms with E-state index in [0.29, 0.717) is 13.0 Å². The molecule has 2 N–H and O–H groups in total. The fraction of sp³-hybridized carbons (Fsp3) is 1.00. The summed E-state index contributed by atoms with van der Waals surface area (Å²) in [5.41, 5.74) is -0.766. The lowest BCUT2D eigenvalue weighted by atomic mass is 10.1. The SMILES string of the molecule is CCC1(O)CNCC[N]1. The van der Waals surface area contributed by atoms with Gasteiger partial charge in [0, 0.05) is 19.6 Å². The van der Waals surface area contributed by atoms with Gasteiger partial charge in [0.15, 0.2) is 0 Å². The van der Waals surface area contributed by atoms with Crippen molar-refractivity contribution in [2.45, 2.75) is 19.1 Å². The number of hydrogen-bond acceptors (Lipinski definition) is 2. The number of nitrogens with one attached hydrogen (secondary N) is 1. The number of piperazine rings is 1. The summed E-state index contributed by atoms with van der Waals surface area (Å²) < 4.78 is 0. The standard InChI is InChI=1S/C6H13N2O/c1-2-6(9)5-7-3-4-8-6/h7,9H,2-5H2,1H3. The van der Waals surface area contributed by atoms with Crippen molar-refractivity contribution >= 4 is 0 Å². The number of rotatable bonds is 1. The van der Waals surface area contributed by atoms with Gasteiger partial charge in [-0.2, -0.15) is 0 Å². The van der Waals surface area contributed by atoms with Gasteiger partial charge in [0.1, 0.15) is 5.72 Å². The molecule has 0 bridgehead atoms. The average Bonchev–Trinajstić information content (AvgIpc) is 1.90. The van der Waals surface area contributed by atoms with Crippen molar-refractivity contribution in [1.29, 1.82) is 0 Å². The van der Waals surface area contributed by atoms with Gasteiger partial charge in [-0.15, -0.1) is 0 Å². The summed E-state index contributed by atoms with van der Waals surface area (Å²) in [4.78, 5) is 0. The highest BCUT2D eigenvalue weighted by atomic mass is 16.3. The van der Waals surface area contributed by atoms with E-state index in [4.69, 9.17) is 0 Å². The second-order valence-electron chi connectivity index (χ2n) is 2.39. The van der Waals surface area contributed by atoms with Crippen molar-refractivity contribution in [3.8, 4) is 0 Å². The first-order valence-corrected chi connectivity index (χ1v) is 3.38. The van der Waals surface area contributed by atoms with Crippen molar-refractivity contribution in [2.24, 2.45) is 0 Å². The molecule has 0 spiro atoms. The molecule has 9 heavy (non-hydrogen) atoms. The maximum Gasteiger partial charge on any atom is 0.143 e. The number of aliphatic hydroxyl groups is 1. The van der Waals surface area contributed by atoms with Crippen molar-refractivity contribution < 1.29 is 5.11 Å². The van der Waals surface area contributed by atoms with E-state index < -0.39 is 5.72 Å². The van der Waals surface area contributed by atoms with E-state index in [1.165, 1.54) is 0 Å². The van der Waals surface area contributed by atoms with Crippen LogP contribution in [-0.4, -0.2) is 30.5 Å². The van der Waals surface area contributed by atoms with Gasteiger partial charge in [0.25, 0.3) is 0 Å². The highest BCUT2D eigenvalue weighted by Crippen LogP contribution is 2.07. The Labute approximate surface area is 55.5 Å². The molecule has 0 amide bonds. The predicted octanol–water partition coefficient (Wildman–Crippen LogP) is -0.707. The van der Waals surface area contributed by atoms with Crippen LogP contribution in [0.2, 0.25) is 0 Å². The Balaban J connectivity index is 2.37. The molecule has 1 unspecified atom stereocenters. The molecule has 53 valence electrons. The fourth-order valence-corrected chi connectivity index (χ4v) is 0.924. The smallest absolute Gasteiger partial charge is 0.143 e. The van der Waals surface area contributed by atoms with Gasteiger partial charge >= 0.3 is 0 Å². The van der Waals surface area contributed by atoms with Crippen LogP contribution in [0.3, 0.4) is 0 Å². The highest BCUT2D eigenvalue weighted by molar-refractivity contribution is 4.80. The van der Waals surface area contributed by atoms with Crippen LogP contribution in [0.5, 0.6) is 0 Å². The lowest BCUT2D eigenvalue weighted by Gasteiger charge is -2.30. The molecule has 3 nitrogen and oxygen atoms in total. The van der Waals surface area contributed by atoms with Crippen molar-refractivity contribution in [3.05, 3.63) is 0 Å². The third kappa shape index (κ3) is 1.64. The van der Waals surface area contributed by atoms with Crippen LogP contribution in [0.15, 0.2) is 0 Å². The maximum atomic E-state index is 9.45. The second-order valence-corrected chi connectivity index (χ2v) is 2.39. The monoisotopic (exact) mass is 129 g/mol. The molecule has 1 aliphatic heterocycles. The lowest BCUT2D eigenvalue weighted by Crippen LogP contribution is -2.54. The molecule has 0 aromatic carbocycles. The van der Waals surface area contributed by atoms with Crippen molar-refractivity contribution in [3.63, 3.8) is 0 Å². The van der Waals surface area contributed by atoms with E-state index in [2.05, 4.69) is 10.6 Å². The van der Waals surface area contributed by atoms with Gasteiger partial charge in [-0.3, -0.25) is 0 Å². The van der Waals surface area contributed by atoms with E-state index in [9.17, 15) is 5.11 Å². The van der Waals surface area contributed by atoms with Crippen LogP contribution >= 0.6 is 0 Å². The Kier molecular flexibility index (Phi) is 2.05. The maximum absolute atomic E-state index is 9.45. The summed E-state index contributed by atoms with van der Waals surface area (Å²) in [6, 6.07) is 0. The first-order chi connectivity index (χ1) is 4.27. The molecule has 0 saturated carbocycles. The zero-order valence-electron chi connectivity index (χ0n) is 5.72. The highest BCUT2D eigenvalue weighted by Gasteiger charge is 2.26. The Morgan fingerprint density at radius 3 is 2.89 bits per heavy atom. The number of nitrogens with zero attached hydrogens (tertiary/aromatic N) is 1. The van der Waals surface area contributed by atoms with Crippen LogP contribution in [0.25, 0.3) is 0 Å². The van der Waals surface area contributed by atoms with E-state index in [-0.39, 0.29) is 0 Å². The zero-order chi connectivity index (χ0) is 6.74. The molecule has 1 fully saturated rings. The molecule has 1 saturated heterocycles. The average molecular weight is 129 g/mol. The Morgan fingerprint density at radius 1 is 1.78 bits per heavy atom. The van der Waals surface area contributed by atoms with Crippen LogP contribution in [0.4, 0.5) is 0 Å². The summed E-state index contributed by atoms with van der Waals surface area (Å²) >= 11 is 0. The van der Waals surface area contributed by atoms with Gasteiger partial charge in [-0.25, -0.2) is 5.32 Å². The summed E-state index contributed by atoms with van der Waals surface area (Å²) in [6.45, 7) is 4.20. The topological polar surface area (TPSA) is 46.4 Å². The minimum absolute atomic E-state index is 0.615. The molecule has 1 radical (unpaired) electrons. The Morgan fingerprint density at radius 2 is 2.56 bits per heavy atom. The Bertz CT molecular complexity index is 89.1. The van der Waals surface area contributed by atoms with Crippen molar-refractivity contribution in [1.82, 2.24) is 10.6 Å². The van der Waals surface area contributed by atoms with E-state index in [1.54, 1.807) is 0 Å². The van der Waals surface area contributed by atoms with Crippen molar-refractivity contribution in [2.75, 3.05) is 19.6 Å². The third-order valence-electron chi connectivity index (χ3n) is 1.67. The summed E-state index contributed by atoms with van der Waals surface area (Å²) in [5.74, 6) is 0.